The van der Waals surface area contributed by atoms with Crippen molar-refractivity contribution >= 4 is 63.4 Å². The number of ether oxygens (including phenoxy) is 1. The summed E-state index contributed by atoms with van der Waals surface area (Å²) in [6.07, 6.45) is 2.48. The third-order valence-corrected chi connectivity index (χ3v) is 9.04. The van der Waals surface area contributed by atoms with Gasteiger partial charge in [0, 0.05) is 33.8 Å². The van der Waals surface area contributed by atoms with E-state index in [1.807, 2.05) is 19.1 Å². The number of Topliss-reactive ketones (excluding diaryl/α,β-unsaturated/α-hetero) is 1. The minimum atomic E-state index is -1.09. The number of esters is 1. The van der Waals surface area contributed by atoms with E-state index in [9.17, 15) is 19.2 Å². The zero-order valence-electron chi connectivity index (χ0n) is 24.1. The highest BCUT2D eigenvalue weighted by Crippen LogP contribution is 2.40. The lowest BCUT2D eigenvalue weighted by Crippen LogP contribution is -2.30. The maximum absolute atomic E-state index is 13.7. The number of ketones is 1. The van der Waals surface area contributed by atoms with Gasteiger partial charge in [-0.1, -0.05) is 54.8 Å². The molecule has 6 rings (SSSR count). The molecule has 1 saturated heterocycles. The van der Waals surface area contributed by atoms with E-state index < -0.39 is 12.1 Å². The normalized spacial score (nSPS) is 18.8. The van der Waals surface area contributed by atoms with Crippen LogP contribution in [0.15, 0.2) is 72.8 Å². The summed E-state index contributed by atoms with van der Waals surface area (Å²) < 4.78 is 5.80. The van der Waals surface area contributed by atoms with E-state index in [1.54, 1.807) is 60.7 Å². The highest BCUT2D eigenvalue weighted by molar-refractivity contribution is 6.30. The molecule has 7 nitrogen and oxygen atoms in total. The number of carbonyl (C=O) groups excluding carboxylic acids is 4. The van der Waals surface area contributed by atoms with Crippen LogP contribution in [0.3, 0.4) is 0 Å². The molecule has 2 fully saturated rings. The fraction of sp³-hybridized carbons (Fsp3) is 0.286. The first-order chi connectivity index (χ1) is 21.3. The maximum Gasteiger partial charge on any atom is 0.339 e. The summed E-state index contributed by atoms with van der Waals surface area (Å²) in [4.78, 5) is 59.3. The molecule has 1 aromatic heterocycles. The molecule has 44 heavy (non-hydrogen) atoms. The van der Waals surface area contributed by atoms with Crippen LogP contribution in [0.1, 0.15) is 58.4 Å². The van der Waals surface area contributed by atoms with Gasteiger partial charge in [-0.2, -0.15) is 0 Å². The van der Waals surface area contributed by atoms with E-state index >= 15 is 0 Å². The van der Waals surface area contributed by atoms with Gasteiger partial charge in [0.15, 0.2) is 6.10 Å². The molecule has 2 aliphatic rings. The van der Waals surface area contributed by atoms with Crippen LogP contribution in [0.4, 0.5) is 5.69 Å². The third-order valence-electron chi connectivity index (χ3n) is 8.57. The van der Waals surface area contributed by atoms with Gasteiger partial charge in [-0.05, 0) is 67.8 Å². The van der Waals surface area contributed by atoms with Crippen molar-refractivity contribution in [3.8, 4) is 11.3 Å². The minimum Gasteiger partial charge on any atom is -0.450 e. The van der Waals surface area contributed by atoms with Crippen LogP contribution >= 0.6 is 23.2 Å². The third kappa shape index (κ3) is 5.62. The van der Waals surface area contributed by atoms with E-state index in [-0.39, 0.29) is 47.3 Å². The predicted molar refractivity (Wildman–Crippen MR) is 170 cm³/mol. The molecular weight excluding hydrogens is 599 g/mol. The zero-order valence-corrected chi connectivity index (χ0v) is 25.6. The first kappa shape index (κ1) is 30.0. The van der Waals surface area contributed by atoms with E-state index in [0.717, 1.165) is 31.2 Å². The van der Waals surface area contributed by atoms with Gasteiger partial charge >= 0.3 is 5.97 Å². The van der Waals surface area contributed by atoms with E-state index in [1.165, 1.54) is 4.90 Å². The van der Waals surface area contributed by atoms with Crippen molar-refractivity contribution in [2.24, 2.45) is 11.8 Å². The summed E-state index contributed by atoms with van der Waals surface area (Å²) in [6, 6.07) is 20.6. The number of nitrogens with zero attached hydrogens (tertiary/aromatic N) is 2. The largest absolute Gasteiger partial charge is 0.450 e. The molecule has 2 heterocycles. The van der Waals surface area contributed by atoms with Gasteiger partial charge in [0.2, 0.25) is 17.6 Å². The Labute approximate surface area is 265 Å². The average Bonchev–Trinajstić information content (AvgIpc) is 3.30. The smallest absolute Gasteiger partial charge is 0.339 e. The molecule has 0 bridgehead atoms. The second-order valence-electron chi connectivity index (χ2n) is 11.3. The van der Waals surface area contributed by atoms with Crippen LogP contribution in [0.5, 0.6) is 0 Å². The number of amides is 2. The zero-order chi connectivity index (χ0) is 31.0. The molecule has 1 aliphatic carbocycles. The van der Waals surface area contributed by atoms with Gasteiger partial charge in [-0.15, -0.1) is 11.6 Å². The SMILES string of the molecule is Cc1cccc2c(C(=O)OC(CCCl)C(=O)c3ccc(Cl)cc3)cc(-c3ccc(N4C(=O)C5CCCCC5C4=O)cc3)nc12. The number of halogens is 2. The summed E-state index contributed by atoms with van der Waals surface area (Å²) in [5.74, 6) is -1.64. The van der Waals surface area contributed by atoms with Gasteiger partial charge in [0.1, 0.15) is 0 Å². The minimum absolute atomic E-state index is 0.120. The predicted octanol–water partition coefficient (Wildman–Crippen LogP) is 7.58. The van der Waals surface area contributed by atoms with Crippen LogP contribution in [0.25, 0.3) is 22.2 Å². The van der Waals surface area contributed by atoms with Crippen LogP contribution in [-0.4, -0.2) is 40.5 Å². The average molecular weight is 630 g/mol. The van der Waals surface area contributed by atoms with E-state index in [0.29, 0.717) is 38.4 Å². The van der Waals surface area contributed by atoms with Crippen LogP contribution in [-0.2, 0) is 14.3 Å². The Hall–Kier alpha value is -4.07. The Balaban J connectivity index is 1.32. The van der Waals surface area contributed by atoms with Crippen molar-refractivity contribution in [1.82, 2.24) is 4.98 Å². The number of rotatable bonds is 8. The summed E-state index contributed by atoms with van der Waals surface area (Å²) in [5, 5.41) is 1.08. The number of hydrogen-bond donors (Lipinski definition) is 0. The Morgan fingerprint density at radius 1 is 0.955 bits per heavy atom. The number of pyridine rings is 1. The lowest BCUT2D eigenvalue weighted by Gasteiger charge is -2.19. The summed E-state index contributed by atoms with van der Waals surface area (Å²) in [7, 11) is 0. The molecule has 1 aliphatic heterocycles. The van der Waals surface area contributed by atoms with Crippen LogP contribution in [0, 0.1) is 18.8 Å². The number of carbonyl (C=O) groups is 4. The van der Waals surface area contributed by atoms with Crippen LogP contribution < -0.4 is 4.90 Å². The van der Waals surface area contributed by atoms with E-state index in [2.05, 4.69) is 0 Å². The number of anilines is 1. The molecule has 0 N–H and O–H groups in total. The molecule has 3 unspecified atom stereocenters. The van der Waals surface area contributed by atoms with Crippen molar-refractivity contribution in [1.29, 1.82) is 0 Å². The quantitative estimate of drug-likeness (QED) is 0.0864. The fourth-order valence-corrected chi connectivity index (χ4v) is 6.57. The fourth-order valence-electron chi connectivity index (χ4n) is 6.24. The second-order valence-corrected chi connectivity index (χ2v) is 12.1. The lowest BCUT2D eigenvalue weighted by molar-refractivity contribution is -0.122. The molecule has 2 amide bonds. The van der Waals surface area contributed by atoms with Gasteiger partial charge in [-0.3, -0.25) is 19.3 Å². The van der Waals surface area contributed by atoms with E-state index in [4.69, 9.17) is 32.9 Å². The number of aryl methyl sites for hydroxylation is 1. The van der Waals surface area contributed by atoms with Crippen molar-refractivity contribution < 1.29 is 23.9 Å². The Bertz CT molecular complexity index is 1750. The van der Waals surface area contributed by atoms with Gasteiger partial charge in [0.25, 0.3) is 0 Å². The molecule has 0 radical (unpaired) electrons. The highest BCUT2D eigenvalue weighted by Gasteiger charge is 2.48. The number of benzene rings is 3. The van der Waals surface area contributed by atoms with Gasteiger partial charge in [0.05, 0.1) is 34.3 Å². The molecule has 0 spiro atoms. The van der Waals surface area contributed by atoms with Crippen molar-refractivity contribution in [2.45, 2.75) is 45.1 Å². The number of imide groups is 1. The maximum atomic E-state index is 13.7. The number of para-hydroxylation sites is 1. The summed E-state index contributed by atoms with van der Waals surface area (Å²) in [5.41, 5.74) is 3.83. The van der Waals surface area contributed by atoms with Gasteiger partial charge < -0.3 is 4.74 Å². The number of fused-ring (bicyclic) bond motifs is 2. The first-order valence-corrected chi connectivity index (χ1v) is 15.6. The van der Waals surface area contributed by atoms with Crippen molar-refractivity contribution in [3.63, 3.8) is 0 Å². The Kier molecular flexibility index (Phi) is 8.52. The Morgan fingerprint density at radius 3 is 2.25 bits per heavy atom. The highest BCUT2D eigenvalue weighted by atomic mass is 35.5. The standard InChI is InChI=1S/C35H30Cl2N2O5/c1-20-5-4-8-25-28(35(43)44-30(17-18-36)32(40)22-9-13-23(37)14-10-22)19-29(38-31(20)25)21-11-15-24(16-12-21)39-33(41)26-6-2-3-7-27(26)34(39)42/h4-5,8-16,19,26-27,30H,2-3,6-7,17-18H2,1H3. The number of aromatic nitrogens is 1. The molecule has 3 aromatic carbocycles. The lowest BCUT2D eigenvalue weighted by atomic mass is 9.81. The summed E-state index contributed by atoms with van der Waals surface area (Å²) in [6.45, 7) is 1.90. The molecule has 224 valence electrons. The monoisotopic (exact) mass is 628 g/mol. The molecule has 9 heteroatoms. The first-order valence-electron chi connectivity index (χ1n) is 14.7. The molecule has 4 aromatic rings. The molecule has 1 saturated carbocycles. The number of hydrogen-bond acceptors (Lipinski definition) is 6. The second kappa shape index (κ2) is 12.5. The topological polar surface area (TPSA) is 93.6 Å². The molecule has 3 atom stereocenters. The Morgan fingerprint density at radius 2 is 1.61 bits per heavy atom. The number of alkyl halides is 1. The molecular formula is C35H30Cl2N2O5. The van der Waals surface area contributed by atoms with Crippen LogP contribution in [0.2, 0.25) is 5.02 Å². The summed E-state index contributed by atoms with van der Waals surface area (Å²) >= 11 is 12.0. The van der Waals surface area contributed by atoms with Crippen molar-refractivity contribution in [3.05, 3.63) is 94.5 Å². The van der Waals surface area contributed by atoms with Crippen molar-refractivity contribution in [2.75, 3.05) is 10.8 Å². The van der Waals surface area contributed by atoms with Gasteiger partial charge in [-0.25, -0.2) is 9.78 Å².